The maximum atomic E-state index is 12.9. The molecular weight excluding hydrogens is 289 g/mol. The summed E-state index contributed by atoms with van der Waals surface area (Å²) in [7, 11) is -2.88. The van der Waals surface area contributed by atoms with Gasteiger partial charge >= 0.3 is 0 Å². The van der Waals surface area contributed by atoms with Crippen LogP contribution in [0.25, 0.3) is 0 Å². The Morgan fingerprint density at radius 3 is 2.43 bits per heavy atom. The predicted octanol–water partition coefficient (Wildman–Crippen LogP) is 2.81. The average molecular weight is 315 g/mol. The molecule has 21 heavy (non-hydrogen) atoms. The Balaban J connectivity index is 2.52. The Bertz CT molecular complexity index is 500. The van der Waals surface area contributed by atoms with Crippen LogP contribution in [0.4, 0.5) is 4.39 Å². The van der Waals surface area contributed by atoms with E-state index in [1.165, 1.54) is 12.1 Å². The second kappa shape index (κ2) is 9.15. The van der Waals surface area contributed by atoms with Crippen LogP contribution in [0.3, 0.4) is 0 Å². The summed E-state index contributed by atoms with van der Waals surface area (Å²) in [6.45, 7) is 5.49. The molecule has 0 aromatic heterocycles. The Morgan fingerprint density at radius 1 is 1.19 bits per heavy atom. The van der Waals surface area contributed by atoms with Gasteiger partial charge in [-0.15, -0.1) is 0 Å². The van der Waals surface area contributed by atoms with Gasteiger partial charge in [-0.05, 0) is 56.0 Å². The number of nitrogens with one attached hydrogen (secondary N) is 1. The first-order valence-electron chi connectivity index (χ1n) is 7.62. The molecule has 0 bridgehead atoms. The van der Waals surface area contributed by atoms with Gasteiger partial charge in [0.25, 0.3) is 0 Å². The molecule has 1 unspecified atom stereocenters. The summed E-state index contributed by atoms with van der Waals surface area (Å²) >= 11 is 0. The lowest BCUT2D eigenvalue weighted by Gasteiger charge is -2.17. The van der Waals surface area contributed by atoms with Gasteiger partial charge in [-0.25, -0.2) is 12.8 Å². The molecule has 1 aromatic rings. The number of hydrogen-bond acceptors (Lipinski definition) is 3. The fourth-order valence-electron chi connectivity index (χ4n) is 2.31. The maximum absolute atomic E-state index is 12.9. The summed E-state index contributed by atoms with van der Waals surface area (Å²) in [4.78, 5) is 0. The van der Waals surface area contributed by atoms with Gasteiger partial charge in [0.1, 0.15) is 15.7 Å². The molecular formula is C16H26FNO2S. The van der Waals surface area contributed by atoms with Crippen molar-refractivity contribution in [3.05, 3.63) is 35.6 Å². The van der Waals surface area contributed by atoms with E-state index in [2.05, 4.69) is 12.2 Å². The Hall–Kier alpha value is -0.940. The smallest absolute Gasteiger partial charge is 0.150 e. The molecule has 0 spiro atoms. The molecule has 0 aliphatic rings. The lowest BCUT2D eigenvalue weighted by molar-refractivity contribution is 0.443. The van der Waals surface area contributed by atoms with Crippen LogP contribution in [0.2, 0.25) is 0 Å². The van der Waals surface area contributed by atoms with Crippen LogP contribution in [0, 0.1) is 11.7 Å². The van der Waals surface area contributed by atoms with Gasteiger partial charge in [0.05, 0.1) is 5.75 Å². The minimum Gasteiger partial charge on any atom is -0.317 e. The summed E-state index contributed by atoms with van der Waals surface area (Å²) in [5.41, 5.74) is 1.10. The minimum absolute atomic E-state index is 0.211. The summed E-state index contributed by atoms with van der Waals surface area (Å²) < 4.78 is 36.0. The standard InChI is InChI=1S/C16H26FNO2S/c1-3-18-13-15(6-5-11-21(19,20)4-2)12-14-7-9-16(17)10-8-14/h7-10,15,18H,3-6,11-13H2,1-2H3. The third-order valence-electron chi connectivity index (χ3n) is 3.63. The molecule has 3 nitrogen and oxygen atoms in total. The molecule has 0 saturated heterocycles. The topological polar surface area (TPSA) is 46.2 Å². The van der Waals surface area contributed by atoms with Crippen molar-refractivity contribution in [2.24, 2.45) is 5.92 Å². The average Bonchev–Trinajstić information content (AvgIpc) is 2.46. The molecule has 5 heteroatoms. The third-order valence-corrected chi connectivity index (χ3v) is 5.42. The molecule has 0 radical (unpaired) electrons. The fraction of sp³-hybridized carbons (Fsp3) is 0.625. The largest absolute Gasteiger partial charge is 0.317 e. The van der Waals surface area contributed by atoms with E-state index < -0.39 is 9.84 Å². The van der Waals surface area contributed by atoms with Crippen molar-refractivity contribution in [1.82, 2.24) is 5.32 Å². The lowest BCUT2D eigenvalue weighted by Crippen LogP contribution is -2.24. The van der Waals surface area contributed by atoms with Gasteiger partial charge in [0.15, 0.2) is 0 Å². The predicted molar refractivity (Wildman–Crippen MR) is 85.7 cm³/mol. The van der Waals surface area contributed by atoms with E-state index in [0.29, 0.717) is 12.3 Å². The summed E-state index contributed by atoms with van der Waals surface area (Å²) in [6, 6.07) is 6.55. The van der Waals surface area contributed by atoms with E-state index in [4.69, 9.17) is 0 Å². The number of rotatable bonds is 10. The highest BCUT2D eigenvalue weighted by molar-refractivity contribution is 7.91. The molecule has 1 rings (SSSR count). The first-order valence-corrected chi connectivity index (χ1v) is 9.44. The molecule has 0 amide bonds. The monoisotopic (exact) mass is 315 g/mol. The van der Waals surface area contributed by atoms with Crippen molar-refractivity contribution >= 4 is 9.84 Å². The third kappa shape index (κ3) is 7.58. The first kappa shape index (κ1) is 18.1. The molecule has 1 aromatic carbocycles. The second-order valence-electron chi connectivity index (χ2n) is 5.38. The van der Waals surface area contributed by atoms with Crippen LogP contribution < -0.4 is 5.32 Å². The summed E-state index contributed by atoms with van der Waals surface area (Å²) in [5.74, 6) is 0.622. The van der Waals surface area contributed by atoms with Crippen LogP contribution in [-0.4, -0.2) is 33.0 Å². The number of sulfone groups is 1. The zero-order valence-electron chi connectivity index (χ0n) is 12.9. The number of benzene rings is 1. The minimum atomic E-state index is -2.88. The highest BCUT2D eigenvalue weighted by atomic mass is 32.2. The van der Waals surface area contributed by atoms with Gasteiger partial charge < -0.3 is 5.32 Å². The molecule has 0 heterocycles. The number of halogens is 1. The van der Waals surface area contributed by atoms with Crippen LogP contribution in [-0.2, 0) is 16.3 Å². The van der Waals surface area contributed by atoms with Gasteiger partial charge in [0.2, 0.25) is 0 Å². The van der Waals surface area contributed by atoms with E-state index in [-0.39, 0.29) is 17.3 Å². The van der Waals surface area contributed by atoms with Crippen molar-refractivity contribution in [3.63, 3.8) is 0 Å². The van der Waals surface area contributed by atoms with Crippen molar-refractivity contribution in [2.75, 3.05) is 24.6 Å². The summed E-state index contributed by atoms with van der Waals surface area (Å²) in [5, 5.41) is 3.32. The zero-order chi connectivity index (χ0) is 15.7. The van der Waals surface area contributed by atoms with Crippen molar-refractivity contribution < 1.29 is 12.8 Å². The van der Waals surface area contributed by atoms with Gasteiger partial charge in [-0.1, -0.05) is 26.0 Å². The SMILES string of the molecule is CCNCC(CCCS(=O)(=O)CC)Cc1ccc(F)cc1. The van der Waals surface area contributed by atoms with Crippen molar-refractivity contribution in [3.8, 4) is 0 Å². The van der Waals surface area contributed by atoms with Crippen LogP contribution >= 0.6 is 0 Å². The highest BCUT2D eigenvalue weighted by Crippen LogP contribution is 2.15. The quantitative estimate of drug-likeness (QED) is 0.722. The van der Waals surface area contributed by atoms with E-state index in [9.17, 15) is 12.8 Å². The Labute approximate surface area is 127 Å². The lowest BCUT2D eigenvalue weighted by atomic mass is 9.95. The van der Waals surface area contributed by atoms with Gasteiger partial charge in [0, 0.05) is 5.75 Å². The highest BCUT2D eigenvalue weighted by Gasteiger charge is 2.13. The van der Waals surface area contributed by atoms with Gasteiger partial charge in [-0.3, -0.25) is 0 Å². The van der Waals surface area contributed by atoms with Crippen LogP contribution in [0.1, 0.15) is 32.3 Å². The van der Waals surface area contributed by atoms with E-state index in [1.807, 2.05) is 0 Å². The molecule has 0 aliphatic carbocycles. The van der Waals surface area contributed by atoms with E-state index >= 15 is 0 Å². The van der Waals surface area contributed by atoms with Crippen molar-refractivity contribution in [1.29, 1.82) is 0 Å². The Kier molecular flexibility index (Phi) is 7.89. The summed E-state index contributed by atoms with van der Waals surface area (Å²) in [6.07, 6.45) is 2.40. The van der Waals surface area contributed by atoms with Crippen molar-refractivity contribution in [2.45, 2.75) is 33.1 Å². The molecule has 0 fully saturated rings. The second-order valence-corrected chi connectivity index (χ2v) is 7.86. The normalized spacial score (nSPS) is 13.3. The molecule has 0 saturated carbocycles. The molecule has 120 valence electrons. The molecule has 0 aliphatic heterocycles. The van der Waals surface area contributed by atoms with Crippen LogP contribution in [0.15, 0.2) is 24.3 Å². The zero-order valence-corrected chi connectivity index (χ0v) is 13.8. The van der Waals surface area contributed by atoms with Gasteiger partial charge in [-0.2, -0.15) is 0 Å². The molecule has 1 N–H and O–H groups in total. The maximum Gasteiger partial charge on any atom is 0.150 e. The van der Waals surface area contributed by atoms with E-state index in [1.54, 1.807) is 19.1 Å². The fourth-order valence-corrected chi connectivity index (χ4v) is 3.21. The van der Waals surface area contributed by atoms with Crippen LogP contribution in [0.5, 0.6) is 0 Å². The molecule has 1 atom stereocenters. The van der Waals surface area contributed by atoms with E-state index in [0.717, 1.165) is 31.5 Å². The Morgan fingerprint density at radius 2 is 1.86 bits per heavy atom. The number of hydrogen-bond donors (Lipinski definition) is 1. The first-order chi connectivity index (χ1) is 9.96.